The van der Waals surface area contributed by atoms with Gasteiger partial charge in [0, 0.05) is 44.1 Å². The molecule has 0 bridgehead atoms. The summed E-state index contributed by atoms with van der Waals surface area (Å²) < 4.78 is 97.3. The van der Waals surface area contributed by atoms with Gasteiger partial charge in [0.05, 0.1) is 23.6 Å². The van der Waals surface area contributed by atoms with Crippen LogP contribution in [-0.2, 0) is 35.3 Å². The normalized spacial score (nSPS) is 14.2. The van der Waals surface area contributed by atoms with Crippen molar-refractivity contribution < 1.29 is 40.3 Å². The second-order valence-corrected chi connectivity index (χ2v) is 9.10. The van der Waals surface area contributed by atoms with Crippen LogP contribution in [0.4, 0.5) is 36.4 Å². The van der Waals surface area contributed by atoms with Gasteiger partial charge >= 0.3 is 6.18 Å². The van der Waals surface area contributed by atoms with Crippen LogP contribution in [0.25, 0.3) is 11.3 Å². The molecule has 208 valence electrons. The third-order valence-electron chi connectivity index (χ3n) is 6.17. The Morgan fingerprint density at radius 3 is 2.36 bits per heavy atom. The molecule has 0 saturated carbocycles. The molecule has 1 aromatic heterocycles. The Kier molecular flexibility index (Phi) is 7.68. The molecular formula is C25H22F7N5O2. The molecule has 4 rings (SSSR count). The van der Waals surface area contributed by atoms with E-state index in [4.69, 9.17) is 5.73 Å². The van der Waals surface area contributed by atoms with Crippen LogP contribution in [0.15, 0.2) is 30.3 Å². The number of nitrogens with one attached hydrogen (secondary N) is 1. The molecule has 3 N–H and O–H groups in total. The monoisotopic (exact) mass is 557 g/mol. The predicted molar refractivity (Wildman–Crippen MR) is 125 cm³/mol. The fraction of sp³-hybridized carbons (Fsp3) is 0.320. The Morgan fingerprint density at radius 2 is 1.72 bits per heavy atom. The molecule has 1 atom stereocenters. The van der Waals surface area contributed by atoms with Crippen LogP contribution >= 0.6 is 0 Å². The Labute approximate surface area is 217 Å². The number of hydrogen-bond donors (Lipinski definition) is 2. The molecule has 39 heavy (non-hydrogen) atoms. The number of carbonyl (C=O) groups is 2. The first-order valence-electron chi connectivity index (χ1n) is 11.7. The van der Waals surface area contributed by atoms with Gasteiger partial charge in [0.2, 0.25) is 17.6 Å². The minimum Gasteiger partial charge on any atom is -0.335 e. The number of anilines is 1. The standard InChI is InChI=1S/C25H22F7N5O2/c1-12(38)34-20-3-2-13(7-19(20)29)23-21-11-36(4-5-37(21)24(35-23)25(30,31)32)22(39)9-15(33)6-14-8-17(27)18(28)10-16(14)26/h2-3,7-8,10,15H,4-6,9,11,33H2,1H3,(H,34,38). The topological polar surface area (TPSA) is 93.2 Å². The van der Waals surface area contributed by atoms with Gasteiger partial charge in [-0.05, 0) is 30.2 Å². The molecule has 14 heteroatoms. The lowest BCUT2D eigenvalue weighted by Crippen LogP contribution is -2.42. The molecule has 2 heterocycles. The van der Waals surface area contributed by atoms with Gasteiger partial charge in [-0.2, -0.15) is 13.2 Å². The van der Waals surface area contributed by atoms with E-state index in [2.05, 4.69) is 10.3 Å². The lowest BCUT2D eigenvalue weighted by molar-refractivity contribution is -0.148. The SMILES string of the molecule is CC(=O)Nc1ccc(-c2nc(C(F)(F)F)n3c2CN(C(=O)CC(N)Cc2cc(F)c(F)cc2F)CC3)cc1F. The van der Waals surface area contributed by atoms with Crippen molar-refractivity contribution in [1.29, 1.82) is 0 Å². The van der Waals surface area contributed by atoms with E-state index in [0.29, 0.717) is 12.1 Å². The highest BCUT2D eigenvalue weighted by Crippen LogP contribution is 2.36. The number of fused-ring (bicyclic) bond motifs is 1. The van der Waals surface area contributed by atoms with Crippen LogP contribution in [-0.4, -0.2) is 38.9 Å². The highest BCUT2D eigenvalue weighted by Gasteiger charge is 2.41. The van der Waals surface area contributed by atoms with Gasteiger partial charge in [0.25, 0.3) is 0 Å². The number of carbonyl (C=O) groups excluding carboxylic acids is 2. The van der Waals surface area contributed by atoms with Crippen molar-refractivity contribution in [2.45, 2.75) is 45.1 Å². The second kappa shape index (κ2) is 10.7. The first-order valence-corrected chi connectivity index (χ1v) is 11.7. The molecule has 2 aromatic carbocycles. The van der Waals surface area contributed by atoms with Crippen LogP contribution in [0.2, 0.25) is 0 Å². The molecule has 1 unspecified atom stereocenters. The van der Waals surface area contributed by atoms with Gasteiger partial charge in [0.15, 0.2) is 11.6 Å². The number of imidazole rings is 1. The minimum atomic E-state index is -4.83. The maximum atomic E-state index is 14.6. The smallest absolute Gasteiger partial charge is 0.335 e. The summed E-state index contributed by atoms with van der Waals surface area (Å²) in [6, 6.07) is 3.44. The zero-order chi connectivity index (χ0) is 28.6. The summed E-state index contributed by atoms with van der Waals surface area (Å²) in [5.41, 5.74) is 5.36. The summed E-state index contributed by atoms with van der Waals surface area (Å²) in [5, 5.41) is 2.26. The van der Waals surface area contributed by atoms with E-state index in [9.17, 15) is 40.3 Å². The summed E-state index contributed by atoms with van der Waals surface area (Å²) >= 11 is 0. The average Bonchev–Trinajstić information content (AvgIpc) is 3.23. The van der Waals surface area contributed by atoms with E-state index in [-0.39, 0.29) is 60.7 Å². The van der Waals surface area contributed by atoms with Gasteiger partial charge in [-0.1, -0.05) is 6.07 Å². The summed E-state index contributed by atoms with van der Waals surface area (Å²) in [6.45, 7) is 0.481. The largest absolute Gasteiger partial charge is 0.449 e. The van der Waals surface area contributed by atoms with Crippen LogP contribution in [0.3, 0.4) is 0 Å². The maximum absolute atomic E-state index is 14.6. The van der Waals surface area contributed by atoms with Crippen molar-refractivity contribution in [3.8, 4) is 11.3 Å². The van der Waals surface area contributed by atoms with Gasteiger partial charge in [-0.15, -0.1) is 0 Å². The Hall–Kier alpha value is -3.94. The lowest BCUT2D eigenvalue weighted by atomic mass is 10.0. The first kappa shape index (κ1) is 28.1. The fourth-order valence-electron chi connectivity index (χ4n) is 4.41. The van der Waals surface area contributed by atoms with Crippen molar-refractivity contribution in [3.05, 3.63) is 70.7 Å². The average molecular weight is 557 g/mol. The Morgan fingerprint density at radius 1 is 1.03 bits per heavy atom. The highest BCUT2D eigenvalue weighted by molar-refractivity contribution is 5.89. The van der Waals surface area contributed by atoms with Crippen LogP contribution in [0, 0.1) is 23.3 Å². The van der Waals surface area contributed by atoms with Crippen molar-refractivity contribution in [1.82, 2.24) is 14.5 Å². The summed E-state index contributed by atoms with van der Waals surface area (Å²) in [6.07, 6.45) is -5.47. The van der Waals surface area contributed by atoms with Crippen molar-refractivity contribution >= 4 is 17.5 Å². The Balaban J connectivity index is 1.57. The molecule has 7 nitrogen and oxygen atoms in total. The first-order chi connectivity index (χ1) is 18.2. The van der Waals surface area contributed by atoms with Gasteiger partial charge < -0.3 is 20.5 Å². The summed E-state index contributed by atoms with van der Waals surface area (Å²) in [4.78, 5) is 29.1. The van der Waals surface area contributed by atoms with Crippen LogP contribution in [0.1, 0.15) is 30.4 Å². The van der Waals surface area contributed by atoms with Crippen LogP contribution < -0.4 is 11.1 Å². The quantitative estimate of drug-likeness (QED) is 0.348. The molecule has 0 saturated heterocycles. The number of nitrogens with zero attached hydrogens (tertiary/aromatic N) is 3. The molecule has 1 aliphatic heterocycles. The highest BCUT2D eigenvalue weighted by atomic mass is 19.4. The van der Waals surface area contributed by atoms with E-state index < -0.39 is 53.1 Å². The number of hydrogen-bond acceptors (Lipinski definition) is 4. The number of nitrogens with two attached hydrogens (primary N) is 1. The number of aromatic nitrogens is 2. The van der Waals surface area contributed by atoms with E-state index in [1.807, 2.05) is 0 Å². The maximum Gasteiger partial charge on any atom is 0.449 e. The summed E-state index contributed by atoms with van der Waals surface area (Å²) in [7, 11) is 0. The van der Waals surface area contributed by atoms with Crippen molar-refractivity contribution in [2.75, 3.05) is 11.9 Å². The van der Waals surface area contributed by atoms with E-state index >= 15 is 0 Å². The molecule has 2 amide bonds. The third-order valence-corrected chi connectivity index (χ3v) is 6.17. The number of benzene rings is 2. The van der Waals surface area contributed by atoms with Gasteiger partial charge in [-0.3, -0.25) is 9.59 Å². The molecule has 0 spiro atoms. The molecule has 3 aromatic rings. The molecule has 1 aliphatic rings. The fourth-order valence-corrected chi connectivity index (χ4v) is 4.41. The molecule has 0 radical (unpaired) electrons. The minimum absolute atomic E-state index is 0.000615. The van der Waals surface area contributed by atoms with E-state index in [0.717, 1.165) is 10.6 Å². The molecule has 0 fully saturated rings. The van der Waals surface area contributed by atoms with Crippen molar-refractivity contribution in [2.24, 2.45) is 5.73 Å². The zero-order valence-electron chi connectivity index (χ0n) is 20.4. The number of amides is 2. The summed E-state index contributed by atoms with van der Waals surface area (Å²) in [5.74, 6) is -6.88. The molecular weight excluding hydrogens is 535 g/mol. The van der Waals surface area contributed by atoms with Gasteiger partial charge in [-0.25, -0.2) is 22.5 Å². The van der Waals surface area contributed by atoms with Gasteiger partial charge in [0.1, 0.15) is 11.6 Å². The van der Waals surface area contributed by atoms with Crippen molar-refractivity contribution in [3.63, 3.8) is 0 Å². The second-order valence-electron chi connectivity index (χ2n) is 9.10. The van der Waals surface area contributed by atoms with E-state index in [1.165, 1.54) is 24.0 Å². The third kappa shape index (κ3) is 6.05. The molecule has 0 aliphatic carbocycles. The zero-order valence-corrected chi connectivity index (χ0v) is 20.4. The van der Waals surface area contributed by atoms with Crippen LogP contribution in [0.5, 0.6) is 0 Å². The Bertz CT molecular complexity index is 1440. The lowest BCUT2D eigenvalue weighted by Gasteiger charge is -2.30. The van der Waals surface area contributed by atoms with E-state index in [1.54, 1.807) is 0 Å². The number of rotatable bonds is 6. The number of alkyl halides is 3. The predicted octanol–water partition coefficient (Wildman–Crippen LogP) is 4.39. The number of halogens is 7.